The van der Waals surface area contributed by atoms with Crippen LogP contribution in [0.4, 0.5) is 0 Å². The van der Waals surface area contributed by atoms with Gasteiger partial charge < -0.3 is 9.22 Å². The number of hydrogen-bond acceptors (Lipinski definition) is 1. The maximum atomic E-state index is 6.26. The van der Waals surface area contributed by atoms with Crippen LogP contribution in [0.5, 0.6) is 5.75 Å². The molecule has 20 heavy (non-hydrogen) atoms. The molecule has 2 nitrogen and oxygen atoms in total. The average Bonchev–Trinajstić information content (AvgIpc) is 2.47. The Morgan fingerprint density at radius 3 is 2.45 bits per heavy atom. The van der Waals surface area contributed by atoms with Crippen molar-refractivity contribution in [1.82, 2.24) is 0 Å². The Bertz CT molecular complexity index is 492. The Morgan fingerprint density at radius 1 is 1.15 bits per heavy atom. The maximum absolute atomic E-state index is 6.26. The molecule has 0 unspecified atom stereocenters. The van der Waals surface area contributed by atoms with Crippen molar-refractivity contribution in [3.8, 4) is 5.75 Å². The van der Waals surface area contributed by atoms with E-state index >= 15 is 0 Å². The fourth-order valence-corrected chi connectivity index (χ4v) is 6.05. The minimum Gasteiger partial charge on any atom is -0.487 e. The van der Waals surface area contributed by atoms with Gasteiger partial charge in [-0.25, -0.2) is 0 Å². The van der Waals surface area contributed by atoms with Crippen molar-refractivity contribution in [1.29, 1.82) is 0 Å². The maximum Gasteiger partial charge on any atom is 0.120 e. The molecular weight excluding hydrogens is 385 g/mol. The molecule has 0 bridgehead atoms. The van der Waals surface area contributed by atoms with Crippen molar-refractivity contribution in [2.45, 2.75) is 25.4 Å². The molecule has 0 atom stereocenters. The molecule has 0 aromatic heterocycles. The van der Waals surface area contributed by atoms with Crippen molar-refractivity contribution >= 4 is 36.3 Å². The highest BCUT2D eigenvalue weighted by molar-refractivity contribution is 14.2. The fourth-order valence-electron chi connectivity index (χ4n) is 3.07. The van der Waals surface area contributed by atoms with Crippen molar-refractivity contribution in [2.75, 3.05) is 30.6 Å². The minimum atomic E-state index is -0.0101. The van der Waals surface area contributed by atoms with Crippen molar-refractivity contribution in [2.24, 2.45) is 0 Å². The zero-order valence-corrected chi connectivity index (χ0v) is 14.9. The molecule has 0 saturated carbocycles. The Balaban J connectivity index is 1.63. The molecule has 2 heterocycles. The van der Waals surface area contributed by atoms with E-state index in [1.165, 1.54) is 35.1 Å². The molecule has 4 heteroatoms. The molecule has 1 fully saturated rings. The first-order chi connectivity index (χ1) is 9.59. The molecule has 1 saturated heterocycles. The number of halogens is 2. The summed E-state index contributed by atoms with van der Waals surface area (Å²) in [5.41, 5.74) is -0.0101. The van der Waals surface area contributed by atoms with Gasteiger partial charge in [-0.15, -0.1) is 20.7 Å². The molecular formula is C16H22ClINO+. The van der Waals surface area contributed by atoms with E-state index in [1.807, 2.05) is 24.3 Å². The summed E-state index contributed by atoms with van der Waals surface area (Å²) < 4.78 is 11.6. The smallest absolute Gasteiger partial charge is 0.120 e. The Hall–Kier alpha value is -0.130. The van der Waals surface area contributed by atoms with E-state index in [0.717, 1.165) is 23.6 Å². The van der Waals surface area contributed by atoms with Crippen molar-refractivity contribution in [3.05, 3.63) is 29.3 Å². The van der Waals surface area contributed by atoms with Gasteiger partial charge in [0.25, 0.3) is 0 Å². The quantitative estimate of drug-likeness (QED) is 0.411. The van der Waals surface area contributed by atoms with Crippen molar-refractivity contribution < 1.29 is 9.22 Å². The number of alkyl halides is 1. The summed E-state index contributed by atoms with van der Waals surface area (Å²) >= 11 is 6.34. The van der Waals surface area contributed by atoms with Gasteiger partial charge in [0.2, 0.25) is 0 Å². The predicted molar refractivity (Wildman–Crippen MR) is 94.4 cm³/mol. The van der Waals surface area contributed by atoms with Gasteiger partial charge in [-0.2, -0.15) is 0 Å². The molecule has 1 aromatic carbocycles. The zero-order valence-electron chi connectivity index (χ0n) is 11.9. The molecule has 3 rings (SSSR count). The van der Waals surface area contributed by atoms with E-state index in [4.69, 9.17) is 16.3 Å². The lowest BCUT2D eigenvalue weighted by Crippen LogP contribution is -2.60. The highest BCUT2D eigenvalue weighted by Gasteiger charge is 2.41. The average molecular weight is 407 g/mol. The van der Waals surface area contributed by atoms with E-state index in [1.54, 1.807) is 0 Å². The van der Waals surface area contributed by atoms with Crippen LogP contribution >= 0.6 is 32.3 Å². The number of hydrogen-bond donors (Lipinski definition) is 0. The summed E-state index contributed by atoms with van der Waals surface area (Å²) in [7, 11) is 0. The van der Waals surface area contributed by atoms with Crippen LogP contribution in [-0.4, -0.2) is 44.7 Å². The second kappa shape index (κ2) is 5.93. The molecule has 1 aromatic rings. The van der Waals surface area contributed by atoms with Crippen LogP contribution in [0, 0.1) is 0 Å². The number of benzene rings is 1. The topological polar surface area (TPSA) is 9.23 Å². The van der Waals surface area contributed by atoms with Crippen molar-refractivity contribution in [3.63, 3.8) is 0 Å². The standard InChI is InChI=1S/C16H22ClINO/c1-16(20-15-4-2-14(17)3-5-15)6-10-19(11-7-16)12-8-18-9-13-19/h2-5,8H,6-7,9-13H2,1H3/q+1. The first-order valence-corrected chi connectivity index (χ1v) is 10.4. The van der Waals surface area contributed by atoms with Crippen LogP contribution in [0.2, 0.25) is 5.02 Å². The number of quaternary nitrogens is 1. The third kappa shape index (κ3) is 3.37. The first-order valence-electron chi connectivity index (χ1n) is 7.28. The first kappa shape index (κ1) is 14.8. The summed E-state index contributed by atoms with van der Waals surface area (Å²) in [6.07, 6.45) is 2.31. The summed E-state index contributed by atoms with van der Waals surface area (Å²) in [4.78, 5) is 0. The van der Waals surface area contributed by atoms with Crippen LogP contribution in [0.3, 0.4) is 0 Å². The van der Waals surface area contributed by atoms with E-state index in [2.05, 4.69) is 10.9 Å². The van der Waals surface area contributed by atoms with Gasteiger partial charge in [-0.3, -0.25) is 0 Å². The lowest BCUT2D eigenvalue weighted by molar-refractivity contribution is -0.923. The molecule has 0 amide bonds. The SMILES string of the molecule is CC1(Oc2ccc(Cl)cc2)CC[N+]2(CC=ICC2)CC1. The van der Waals surface area contributed by atoms with Crippen LogP contribution in [0.15, 0.2) is 24.3 Å². The van der Waals surface area contributed by atoms with E-state index in [9.17, 15) is 0 Å². The number of nitrogens with zero attached hydrogens (tertiary/aromatic N) is 1. The van der Waals surface area contributed by atoms with Gasteiger partial charge in [0.05, 0.1) is 19.6 Å². The lowest BCUT2D eigenvalue weighted by atomic mass is 9.91. The molecule has 110 valence electrons. The fraction of sp³-hybridized carbons (Fsp3) is 0.562. The van der Waals surface area contributed by atoms with Crippen LogP contribution in [-0.2, 0) is 0 Å². The third-order valence-corrected chi connectivity index (χ3v) is 7.02. The highest BCUT2D eigenvalue weighted by atomic mass is 127. The molecule has 2 aliphatic heterocycles. The van der Waals surface area contributed by atoms with Gasteiger partial charge in [0.15, 0.2) is 0 Å². The molecule has 0 aliphatic carbocycles. The Morgan fingerprint density at radius 2 is 1.85 bits per heavy atom. The third-order valence-electron chi connectivity index (χ3n) is 4.64. The lowest BCUT2D eigenvalue weighted by Gasteiger charge is -2.47. The van der Waals surface area contributed by atoms with Gasteiger partial charge >= 0.3 is 0 Å². The van der Waals surface area contributed by atoms with Crippen LogP contribution in [0.1, 0.15) is 19.8 Å². The summed E-state index contributed by atoms with van der Waals surface area (Å²) in [5.74, 6) is 0.946. The van der Waals surface area contributed by atoms with Gasteiger partial charge in [0.1, 0.15) is 17.9 Å². The Labute approximate surface area is 136 Å². The Kier molecular flexibility index (Phi) is 4.39. The summed E-state index contributed by atoms with van der Waals surface area (Å²) in [5, 5.41) is 0.766. The molecule has 1 spiro atoms. The minimum absolute atomic E-state index is 0.0101. The number of ether oxygens (including phenoxy) is 1. The number of rotatable bonds is 2. The van der Waals surface area contributed by atoms with Crippen LogP contribution < -0.4 is 4.74 Å². The second-order valence-corrected chi connectivity index (χ2v) is 9.48. The number of piperidine rings is 1. The van der Waals surface area contributed by atoms with Gasteiger partial charge in [-0.05, 0) is 35.2 Å². The summed E-state index contributed by atoms with van der Waals surface area (Å²) in [6, 6.07) is 7.76. The second-order valence-electron chi connectivity index (χ2n) is 6.20. The molecule has 2 aliphatic rings. The monoisotopic (exact) mass is 406 g/mol. The van der Waals surface area contributed by atoms with Crippen LogP contribution in [0.25, 0.3) is 0 Å². The van der Waals surface area contributed by atoms with E-state index in [0.29, 0.717) is 20.7 Å². The van der Waals surface area contributed by atoms with Gasteiger partial charge in [0, 0.05) is 22.3 Å². The highest BCUT2D eigenvalue weighted by Crippen LogP contribution is 2.33. The molecule has 0 radical (unpaired) electrons. The normalized spacial score (nSPS) is 33.7. The largest absolute Gasteiger partial charge is 0.487 e. The predicted octanol–water partition coefficient (Wildman–Crippen LogP) is 3.87. The molecule has 0 N–H and O–H groups in total. The van der Waals surface area contributed by atoms with Gasteiger partial charge in [-0.1, -0.05) is 11.6 Å². The van der Waals surface area contributed by atoms with E-state index < -0.39 is 0 Å². The zero-order chi connectivity index (χ0) is 14.1. The summed E-state index contributed by atoms with van der Waals surface area (Å²) in [6.45, 7) is 7.51. The van der Waals surface area contributed by atoms with E-state index in [-0.39, 0.29) is 5.60 Å².